The number of benzene rings is 1. The van der Waals surface area contributed by atoms with Crippen molar-refractivity contribution in [3.63, 3.8) is 0 Å². The molecule has 22 heavy (non-hydrogen) atoms. The quantitative estimate of drug-likeness (QED) is 0.440. The normalized spacial score (nSPS) is 11.1. The van der Waals surface area contributed by atoms with Crippen LogP contribution in [0, 0.1) is 10.1 Å². The number of fused-ring (bicyclic) bond motifs is 1. The largest absolute Gasteiger partial charge is 0.350 e. The van der Waals surface area contributed by atoms with Gasteiger partial charge in [0.2, 0.25) is 0 Å². The number of H-pyrrole nitrogens is 1. The van der Waals surface area contributed by atoms with Crippen molar-refractivity contribution in [2.24, 2.45) is 5.10 Å². The van der Waals surface area contributed by atoms with Crippen LogP contribution in [-0.4, -0.2) is 22.0 Å². The molecular weight excluding hydrogens is 304 g/mol. The summed E-state index contributed by atoms with van der Waals surface area (Å²) in [4.78, 5) is 25.6. The summed E-state index contributed by atoms with van der Waals surface area (Å²) in [5, 5.41) is 15.3. The number of nitro groups is 1. The van der Waals surface area contributed by atoms with Gasteiger partial charge in [0.15, 0.2) is 0 Å². The van der Waals surface area contributed by atoms with E-state index in [0.717, 1.165) is 22.2 Å². The van der Waals surface area contributed by atoms with Gasteiger partial charge in [-0.25, -0.2) is 5.43 Å². The highest BCUT2D eigenvalue weighted by molar-refractivity contribution is 7.16. The molecule has 0 aliphatic rings. The number of hydrogen-bond acceptors (Lipinski definition) is 5. The van der Waals surface area contributed by atoms with Crippen LogP contribution in [0.4, 0.5) is 5.00 Å². The number of rotatable bonds is 4. The first-order chi connectivity index (χ1) is 10.6. The maximum absolute atomic E-state index is 12.0. The number of para-hydroxylation sites is 1. The van der Waals surface area contributed by atoms with Gasteiger partial charge in [-0.1, -0.05) is 29.5 Å². The van der Waals surface area contributed by atoms with E-state index in [2.05, 4.69) is 15.5 Å². The number of nitrogens with one attached hydrogen (secondary N) is 2. The summed E-state index contributed by atoms with van der Waals surface area (Å²) in [5.41, 5.74) is 3.65. The van der Waals surface area contributed by atoms with Gasteiger partial charge in [0.25, 0.3) is 5.91 Å². The van der Waals surface area contributed by atoms with Crippen molar-refractivity contribution < 1.29 is 9.72 Å². The molecule has 2 heterocycles. The molecule has 3 rings (SSSR count). The zero-order chi connectivity index (χ0) is 15.5. The highest BCUT2D eigenvalue weighted by Crippen LogP contribution is 2.22. The van der Waals surface area contributed by atoms with Crippen molar-refractivity contribution >= 4 is 39.4 Å². The first-order valence-corrected chi connectivity index (χ1v) is 7.10. The fraction of sp³-hybridized carbons (Fsp3) is 0. The number of amides is 1. The molecule has 0 fully saturated rings. The molecule has 2 N–H and O–H groups in total. The van der Waals surface area contributed by atoms with E-state index in [9.17, 15) is 14.9 Å². The average Bonchev–Trinajstić information content (AvgIpc) is 3.13. The lowest BCUT2D eigenvalue weighted by atomic mass is 10.2. The number of hydrogen-bond donors (Lipinski definition) is 2. The number of carbonyl (C=O) groups excluding carboxylic acids is 1. The number of aromatic amines is 1. The maximum atomic E-state index is 12.0. The van der Waals surface area contributed by atoms with E-state index in [1.54, 1.807) is 12.1 Å². The Morgan fingerprint density at radius 3 is 2.86 bits per heavy atom. The summed E-state index contributed by atoms with van der Waals surface area (Å²) in [6, 6.07) is 12.2. The van der Waals surface area contributed by atoms with Crippen LogP contribution < -0.4 is 5.43 Å². The minimum absolute atomic E-state index is 0.0309. The fourth-order valence-electron chi connectivity index (χ4n) is 1.92. The molecule has 3 aromatic rings. The summed E-state index contributed by atoms with van der Waals surface area (Å²) in [6.07, 6.45) is 1.37. The van der Waals surface area contributed by atoms with E-state index >= 15 is 0 Å². The highest BCUT2D eigenvalue weighted by atomic mass is 32.1. The fourth-order valence-corrected chi connectivity index (χ4v) is 2.61. The average molecular weight is 314 g/mol. The van der Waals surface area contributed by atoms with Crippen molar-refractivity contribution in [1.82, 2.24) is 10.4 Å². The smallest absolute Gasteiger partial charge is 0.324 e. The minimum atomic E-state index is -0.467. The zero-order valence-electron chi connectivity index (χ0n) is 11.1. The molecule has 0 saturated carbocycles. The molecule has 0 aliphatic carbocycles. The second kappa shape index (κ2) is 5.78. The predicted octanol–water partition coefficient (Wildman–Crippen LogP) is 2.90. The summed E-state index contributed by atoms with van der Waals surface area (Å²) in [7, 11) is 0. The molecule has 8 heteroatoms. The molecule has 110 valence electrons. The van der Waals surface area contributed by atoms with Crippen LogP contribution in [-0.2, 0) is 0 Å². The Labute approximate surface area is 128 Å². The topological polar surface area (TPSA) is 100 Å². The van der Waals surface area contributed by atoms with E-state index in [1.807, 2.05) is 24.3 Å². The van der Waals surface area contributed by atoms with Crippen LogP contribution >= 0.6 is 11.3 Å². The number of nitrogens with zero attached hydrogens (tertiary/aromatic N) is 2. The molecule has 1 aromatic carbocycles. The van der Waals surface area contributed by atoms with Gasteiger partial charge >= 0.3 is 5.00 Å². The van der Waals surface area contributed by atoms with Gasteiger partial charge in [0.1, 0.15) is 5.69 Å². The van der Waals surface area contributed by atoms with Gasteiger partial charge in [-0.3, -0.25) is 14.9 Å². The van der Waals surface area contributed by atoms with Gasteiger partial charge in [0, 0.05) is 17.0 Å². The van der Waals surface area contributed by atoms with Crippen molar-refractivity contribution in [3.8, 4) is 0 Å². The van der Waals surface area contributed by atoms with Gasteiger partial charge in [-0.2, -0.15) is 5.10 Å². The molecule has 0 unspecified atom stereocenters. The van der Waals surface area contributed by atoms with E-state index in [4.69, 9.17) is 0 Å². The van der Waals surface area contributed by atoms with E-state index in [0.29, 0.717) is 10.6 Å². The first kappa shape index (κ1) is 14.0. The lowest BCUT2D eigenvalue weighted by Crippen LogP contribution is -2.17. The van der Waals surface area contributed by atoms with E-state index in [1.165, 1.54) is 12.3 Å². The molecule has 7 nitrogen and oxygen atoms in total. The minimum Gasteiger partial charge on any atom is -0.350 e. The Morgan fingerprint density at radius 1 is 1.32 bits per heavy atom. The van der Waals surface area contributed by atoms with Gasteiger partial charge < -0.3 is 4.98 Å². The van der Waals surface area contributed by atoms with Crippen molar-refractivity contribution in [2.75, 3.05) is 0 Å². The maximum Gasteiger partial charge on any atom is 0.324 e. The van der Waals surface area contributed by atoms with E-state index < -0.39 is 4.92 Å². The Morgan fingerprint density at radius 2 is 2.14 bits per heavy atom. The number of hydrazone groups is 1. The van der Waals surface area contributed by atoms with Crippen LogP contribution in [0.25, 0.3) is 10.9 Å². The molecule has 0 aliphatic heterocycles. The molecular formula is C14H10N4O3S. The second-order valence-electron chi connectivity index (χ2n) is 4.40. The van der Waals surface area contributed by atoms with Crippen LogP contribution in [0.1, 0.15) is 15.4 Å². The van der Waals surface area contributed by atoms with Crippen molar-refractivity contribution in [2.45, 2.75) is 0 Å². The Kier molecular flexibility index (Phi) is 3.67. The van der Waals surface area contributed by atoms with Gasteiger partial charge in [-0.15, -0.1) is 0 Å². The summed E-state index contributed by atoms with van der Waals surface area (Å²) in [6.45, 7) is 0. The summed E-state index contributed by atoms with van der Waals surface area (Å²) in [5.74, 6) is -0.376. The van der Waals surface area contributed by atoms with Crippen LogP contribution in [0.15, 0.2) is 47.6 Å². The highest BCUT2D eigenvalue weighted by Gasteiger charge is 2.09. The number of aromatic nitrogens is 1. The lowest BCUT2D eigenvalue weighted by Gasteiger charge is -1.94. The molecule has 0 bridgehead atoms. The Balaban J connectivity index is 1.68. The van der Waals surface area contributed by atoms with Crippen molar-refractivity contribution in [3.05, 3.63) is 63.1 Å². The third-order valence-electron chi connectivity index (χ3n) is 2.93. The summed E-state index contributed by atoms with van der Waals surface area (Å²) >= 11 is 0.985. The third-order valence-corrected chi connectivity index (χ3v) is 3.90. The summed E-state index contributed by atoms with van der Waals surface area (Å²) < 4.78 is 0. The zero-order valence-corrected chi connectivity index (χ0v) is 12.0. The molecule has 0 spiro atoms. The number of thiophene rings is 1. The van der Waals surface area contributed by atoms with Crippen LogP contribution in [0.5, 0.6) is 0 Å². The molecule has 0 saturated heterocycles. The Hall–Kier alpha value is -3.00. The third kappa shape index (κ3) is 2.86. The van der Waals surface area contributed by atoms with Gasteiger partial charge in [-0.05, 0) is 18.2 Å². The number of carbonyl (C=O) groups is 1. The SMILES string of the molecule is O=C(NN=Cc1ccc([N+](=O)[O-])s1)c1cc2ccccc2[nH]1. The first-order valence-electron chi connectivity index (χ1n) is 6.29. The molecule has 2 aromatic heterocycles. The van der Waals surface area contributed by atoms with E-state index in [-0.39, 0.29) is 10.9 Å². The van der Waals surface area contributed by atoms with Crippen LogP contribution in [0.2, 0.25) is 0 Å². The molecule has 0 radical (unpaired) electrons. The Bertz CT molecular complexity index is 848. The monoisotopic (exact) mass is 314 g/mol. The second-order valence-corrected chi connectivity index (χ2v) is 5.50. The lowest BCUT2D eigenvalue weighted by molar-refractivity contribution is -0.380. The van der Waals surface area contributed by atoms with Gasteiger partial charge in [0.05, 0.1) is 16.0 Å². The standard InChI is InChI=1S/C14H10N4O3S/c19-14(12-7-9-3-1-2-4-11(9)16-12)17-15-8-10-5-6-13(22-10)18(20)21/h1-8,16H,(H,17,19). The molecule has 0 atom stereocenters. The van der Waals surface area contributed by atoms with Crippen molar-refractivity contribution in [1.29, 1.82) is 0 Å². The molecule has 1 amide bonds. The van der Waals surface area contributed by atoms with Crippen LogP contribution in [0.3, 0.4) is 0 Å². The predicted molar refractivity (Wildman–Crippen MR) is 84.3 cm³/mol.